The fourth-order valence-electron chi connectivity index (χ4n) is 4.05. The molecule has 3 heterocycles. The monoisotopic (exact) mass is 284 g/mol. The Morgan fingerprint density at radius 2 is 2.14 bits per heavy atom. The first-order valence-corrected chi connectivity index (χ1v) is 7.58. The molecule has 110 valence electrons. The maximum absolute atomic E-state index is 13.0. The maximum Gasteiger partial charge on any atom is 0.258 e. The second kappa shape index (κ2) is 4.34. The molecule has 0 spiro atoms. The van der Waals surface area contributed by atoms with E-state index in [1.807, 2.05) is 29.2 Å². The molecule has 0 radical (unpaired) electrons. The standard InChI is InChI=1S/C17H20N2O2/c1-17(2)14-8-18-7-11(14)9-19(17)16(20)13-10-21-15-6-4-3-5-12(13)15/h3-6,10-11,14,18H,7-9H2,1-2H3. The summed E-state index contributed by atoms with van der Waals surface area (Å²) in [5.41, 5.74) is 1.36. The molecular weight excluding hydrogens is 264 g/mol. The van der Waals surface area contributed by atoms with Crippen LogP contribution >= 0.6 is 0 Å². The van der Waals surface area contributed by atoms with Crippen molar-refractivity contribution in [3.8, 4) is 0 Å². The van der Waals surface area contributed by atoms with Crippen molar-refractivity contribution in [3.05, 3.63) is 36.1 Å². The Kier molecular flexibility index (Phi) is 2.67. The highest BCUT2D eigenvalue weighted by molar-refractivity contribution is 6.06. The lowest BCUT2D eigenvalue weighted by Crippen LogP contribution is -2.47. The summed E-state index contributed by atoms with van der Waals surface area (Å²) in [5.74, 6) is 1.21. The fraction of sp³-hybridized carbons (Fsp3) is 0.471. The number of hydrogen-bond acceptors (Lipinski definition) is 3. The van der Waals surface area contributed by atoms with Crippen LogP contribution in [0.3, 0.4) is 0 Å². The van der Waals surface area contributed by atoms with Gasteiger partial charge in [0.15, 0.2) is 0 Å². The summed E-state index contributed by atoms with van der Waals surface area (Å²) >= 11 is 0. The van der Waals surface area contributed by atoms with Gasteiger partial charge in [0.25, 0.3) is 5.91 Å². The minimum absolute atomic E-state index is 0.0966. The van der Waals surface area contributed by atoms with Crippen molar-refractivity contribution in [3.63, 3.8) is 0 Å². The van der Waals surface area contributed by atoms with Crippen LogP contribution in [-0.4, -0.2) is 36.0 Å². The second-order valence-electron chi connectivity index (χ2n) is 6.74. The van der Waals surface area contributed by atoms with Gasteiger partial charge in [0, 0.05) is 30.6 Å². The first-order chi connectivity index (χ1) is 10.1. The normalized spacial score (nSPS) is 27.2. The molecule has 0 aliphatic carbocycles. The number of amides is 1. The van der Waals surface area contributed by atoms with E-state index < -0.39 is 0 Å². The minimum Gasteiger partial charge on any atom is -0.463 e. The molecular formula is C17H20N2O2. The molecule has 2 aliphatic rings. The maximum atomic E-state index is 13.0. The molecule has 2 aliphatic heterocycles. The van der Waals surface area contributed by atoms with Gasteiger partial charge in [0.2, 0.25) is 0 Å². The highest BCUT2D eigenvalue weighted by atomic mass is 16.3. The van der Waals surface area contributed by atoms with Crippen LogP contribution < -0.4 is 5.32 Å². The Bertz CT molecular complexity index is 704. The Morgan fingerprint density at radius 1 is 1.33 bits per heavy atom. The molecule has 4 nitrogen and oxygen atoms in total. The molecule has 1 amide bonds. The number of likely N-dealkylation sites (tertiary alicyclic amines) is 1. The largest absolute Gasteiger partial charge is 0.463 e. The van der Waals surface area contributed by atoms with Crippen molar-refractivity contribution in [2.75, 3.05) is 19.6 Å². The third-order valence-corrected chi connectivity index (χ3v) is 5.32. The molecule has 4 heteroatoms. The molecule has 2 unspecified atom stereocenters. The number of rotatable bonds is 1. The first kappa shape index (κ1) is 12.9. The highest BCUT2D eigenvalue weighted by Gasteiger charge is 2.51. The molecule has 1 aromatic heterocycles. The third-order valence-electron chi connectivity index (χ3n) is 5.32. The number of nitrogens with one attached hydrogen (secondary N) is 1. The van der Waals surface area contributed by atoms with E-state index in [1.165, 1.54) is 0 Å². The van der Waals surface area contributed by atoms with Crippen LogP contribution in [0.25, 0.3) is 11.0 Å². The highest BCUT2D eigenvalue weighted by Crippen LogP contribution is 2.41. The molecule has 4 rings (SSSR count). The van der Waals surface area contributed by atoms with Crippen molar-refractivity contribution in [2.45, 2.75) is 19.4 Å². The van der Waals surface area contributed by atoms with Gasteiger partial charge < -0.3 is 14.6 Å². The average Bonchev–Trinajstić information content (AvgIpc) is 3.14. The Morgan fingerprint density at radius 3 is 2.95 bits per heavy atom. The number of fused-ring (bicyclic) bond motifs is 2. The van der Waals surface area contributed by atoms with Gasteiger partial charge in [-0.25, -0.2) is 0 Å². The number of carbonyl (C=O) groups excluding carboxylic acids is 1. The second-order valence-corrected chi connectivity index (χ2v) is 6.74. The van der Waals surface area contributed by atoms with Crippen molar-refractivity contribution < 1.29 is 9.21 Å². The number of furan rings is 1. The van der Waals surface area contributed by atoms with E-state index in [0.717, 1.165) is 30.6 Å². The van der Waals surface area contributed by atoms with Crippen molar-refractivity contribution in [1.29, 1.82) is 0 Å². The van der Waals surface area contributed by atoms with E-state index in [0.29, 0.717) is 17.4 Å². The van der Waals surface area contributed by atoms with E-state index in [-0.39, 0.29) is 11.4 Å². The Balaban J connectivity index is 1.72. The van der Waals surface area contributed by atoms with Crippen molar-refractivity contribution in [2.24, 2.45) is 11.8 Å². The predicted molar refractivity (Wildman–Crippen MR) is 81.2 cm³/mol. The van der Waals surface area contributed by atoms with Gasteiger partial charge in [-0.05, 0) is 31.7 Å². The van der Waals surface area contributed by atoms with Gasteiger partial charge in [-0.1, -0.05) is 18.2 Å². The van der Waals surface area contributed by atoms with Crippen LogP contribution in [-0.2, 0) is 0 Å². The molecule has 0 saturated carbocycles. The van der Waals surface area contributed by atoms with Gasteiger partial charge in [-0.2, -0.15) is 0 Å². The summed E-state index contributed by atoms with van der Waals surface area (Å²) < 4.78 is 5.53. The van der Waals surface area contributed by atoms with E-state index in [4.69, 9.17) is 4.42 Å². The molecule has 21 heavy (non-hydrogen) atoms. The number of nitrogens with zero attached hydrogens (tertiary/aromatic N) is 1. The summed E-state index contributed by atoms with van der Waals surface area (Å²) in [7, 11) is 0. The molecule has 2 fully saturated rings. The van der Waals surface area contributed by atoms with E-state index >= 15 is 0 Å². The predicted octanol–water partition coefficient (Wildman–Crippen LogP) is 2.50. The lowest BCUT2D eigenvalue weighted by Gasteiger charge is -2.35. The summed E-state index contributed by atoms with van der Waals surface area (Å²) in [5, 5.41) is 4.36. The quantitative estimate of drug-likeness (QED) is 0.875. The number of carbonyl (C=O) groups is 1. The van der Waals surface area contributed by atoms with Crippen molar-refractivity contribution in [1.82, 2.24) is 10.2 Å². The van der Waals surface area contributed by atoms with Crippen LogP contribution in [0.5, 0.6) is 0 Å². The number of benzene rings is 1. The van der Waals surface area contributed by atoms with Crippen LogP contribution in [0.4, 0.5) is 0 Å². The zero-order valence-corrected chi connectivity index (χ0v) is 12.4. The van der Waals surface area contributed by atoms with Gasteiger partial charge in [0.1, 0.15) is 11.8 Å². The molecule has 1 N–H and O–H groups in total. The van der Waals surface area contributed by atoms with Crippen LogP contribution in [0.1, 0.15) is 24.2 Å². The smallest absolute Gasteiger partial charge is 0.258 e. The molecule has 2 saturated heterocycles. The molecule has 1 aromatic carbocycles. The van der Waals surface area contributed by atoms with Gasteiger partial charge in [-0.3, -0.25) is 4.79 Å². The van der Waals surface area contributed by atoms with Crippen LogP contribution in [0.15, 0.2) is 34.9 Å². The van der Waals surface area contributed by atoms with E-state index in [9.17, 15) is 4.79 Å². The van der Waals surface area contributed by atoms with Crippen LogP contribution in [0, 0.1) is 11.8 Å². The lowest BCUT2D eigenvalue weighted by atomic mass is 9.84. The summed E-state index contributed by atoms with van der Waals surface area (Å²) in [6.45, 7) is 7.23. The Labute approximate surface area is 124 Å². The third kappa shape index (κ3) is 1.75. The molecule has 0 bridgehead atoms. The number of para-hydroxylation sites is 1. The SMILES string of the molecule is CC1(C)C2CNCC2CN1C(=O)c1coc2ccccc12. The van der Waals surface area contributed by atoms with Crippen molar-refractivity contribution >= 4 is 16.9 Å². The fourth-order valence-corrected chi connectivity index (χ4v) is 4.05. The minimum atomic E-state index is -0.108. The Hall–Kier alpha value is -1.81. The van der Waals surface area contributed by atoms with Gasteiger partial charge in [0.05, 0.1) is 5.56 Å². The lowest BCUT2D eigenvalue weighted by molar-refractivity contribution is 0.0604. The number of hydrogen-bond donors (Lipinski definition) is 1. The van der Waals surface area contributed by atoms with Gasteiger partial charge >= 0.3 is 0 Å². The van der Waals surface area contributed by atoms with Gasteiger partial charge in [-0.15, -0.1) is 0 Å². The average molecular weight is 284 g/mol. The summed E-state index contributed by atoms with van der Waals surface area (Å²) in [6, 6.07) is 7.73. The van der Waals surface area contributed by atoms with E-state index in [2.05, 4.69) is 19.2 Å². The summed E-state index contributed by atoms with van der Waals surface area (Å²) in [4.78, 5) is 15.1. The zero-order valence-electron chi connectivity index (χ0n) is 12.4. The first-order valence-electron chi connectivity index (χ1n) is 7.58. The zero-order chi connectivity index (χ0) is 14.6. The topological polar surface area (TPSA) is 45.5 Å². The van der Waals surface area contributed by atoms with Crippen LogP contribution in [0.2, 0.25) is 0 Å². The summed E-state index contributed by atoms with van der Waals surface area (Å²) in [6.07, 6.45) is 1.61. The van der Waals surface area contributed by atoms with E-state index in [1.54, 1.807) is 6.26 Å². The molecule has 2 atom stereocenters. The molecule has 2 aromatic rings.